The third kappa shape index (κ3) is 2.60. The molecule has 0 amide bonds. The van der Waals surface area contributed by atoms with Gasteiger partial charge < -0.3 is 4.42 Å². The molecule has 0 atom stereocenters. The summed E-state index contributed by atoms with van der Waals surface area (Å²) in [6.45, 7) is 0. The molecule has 0 radical (unpaired) electrons. The zero-order valence-corrected chi connectivity index (χ0v) is 10.2. The summed E-state index contributed by atoms with van der Waals surface area (Å²) in [7, 11) is 0. The maximum Gasteiger partial charge on any atom is 0.248 e. The average Bonchev–Trinajstić information content (AvgIpc) is 3.01. The number of hydrogen-bond acceptors (Lipinski definition) is 3. The van der Waals surface area contributed by atoms with Crippen molar-refractivity contribution >= 4 is 12.2 Å². The second kappa shape index (κ2) is 5.31. The summed E-state index contributed by atoms with van der Waals surface area (Å²) in [5, 5.41) is 7.67. The van der Waals surface area contributed by atoms with Crippen LogP contribution in [0.2, 0.25) is 0 Å². The second-order valence-electron chi connectivity index (χ2n) is 4.08. The first-order chi connectivity index (χ1) is 9.43. The molecule has 2 aromatic carbocycles. The predicted molar refractivity (Wildman–Crippen MR) is 75.1 cm³/mol. The van der Waals surface area contributed by atoms with Crippen LogP contribution in [-0.4, -0.2) is 10.2 Å². The number of nitrogens with zero attached hydrogens (tertiary/aromatic N) is 2. The van der Waals surface area contributed by atoms with E-state index in [0.29, 0.717) is 5.89 Å². The van der Waals surface area contributed by atoms with Gasteiger partial charge in [-0.15, -0.1) is 10.2 Å². The minimum Gasteiger partial charge on any atom is -0.423 e. The van der Waals surface area contributed by atoms with Gasteiger partial charge in [0, 0.05) is 5.56 Å². The van der Waals surface area contributed by atoms with E-state index in [0.717, 1.165) is 16.7 Å². The molecule has 3 heteroatoms. The number of aromatic nitrogens is 2. The summed E-state index contributed by atoms with van der Waals surface area (Å²) in [6, 6.07) is 18.1. The molecule has 3 nitrogen and oxygen atoms in total. The summed E-state index contributed by atoms with van der Waals surface area (Å²) in [5.74, 6) is 0.535. The fourth-order valence-electron chi connectivity index (χ4n) is 1.88. The van der Waals surface area contributed by atoms with Crippen molar-refractivity contribution in [1.29, 1.82) is 0 Å². The van der Waals surface area contributed by atoms with Crippen molar-refractivity contribution in [2.24, 2.45) is 0 Å². The average molecular weight is 248 g/mol. The Morgan fingerprint density at radius 2 is 1.63 bits per heavy atom. The number of rotatable bonds is 3. The standard InChI is InChI=1S/C16H12N2O/c1-2-6-13(7-3-1)10-11-14-8-4-5-9-15(14)16-18-17-12-19-16/h1-12H. The lowest BCUT2D eigenvalue weighted by atomic mass is 10.1. The molecule has 1 aromatic heterocycles. The Morgan fingerprint density at radius 1 is 0.842 bits per heavy atom. The quantitative estimate of drug-likeness (QED) is 0.660. The van der Waals surface area contributed by atoms with Gasteiger partial charge in [-0.25, -0.2) is 0 Å². The molecule has 3 aromatic rings. The van der Waals surface area contributed by atoms with Gasteiger partial charge in [0.05, 0.1) is 0 Å². The molecule has 1 heterocycles. The summed E-state index contributed by atoms with van der Waals surface area (Å²) < 4.78 is 5.26. The van der Waals surface area contributed by atoms with E-state index in [1.807, 2.05) is 42.5 Å². The molecule has 92 valence electrons. The van der Waals surface area contributed by atoms with Crippen molar-refractivity contribution in [3.63, 3.8) is 0 Å². The summed E-state index contributed by atoms with van der Waals surface area (Å²) >= 11 is 0. The highest BCUT2D eigenvalue weighted by Crippen LogP contribution is 2.23. The molecule has 0 aliphatic carbocycles. The van der Waals surface area contributed by atoms with Gasteiger partial charge in [0.15, 0.2) is 0 Å². The molecular formula is C16H12N2O. The van der Waals surface area contributed by atoms with Gasteiger partial charge in [0.25, 0.3) is 0 Å². The van der Waals surface area contributed by atoms with Crippen LogP contribution in [0, 0.1) is 0 Å². The Balaban J connectivity index is 1.96. The zero-order valence-electron chi connectivity index (χ0n) is 10.2. The van der Waals surface area contributed by atoms with Gasteiger partial charge in [-0.3, -0.25) is 0 Å². The third-order valence-electron chi connectivity index (χ3n) is 2.81. The molecular weight excluding hydrogens is 236 g/mol. The Kier molecular flexibility index (Phi) is 3.19. The molecule has 0 saturated carbocycles. The van der Waals surface area contributed by atoms with E-state index in [4.69, 9.17) is 4.42 Å². The molecule has 0 unspecified atom stereocenters. The first-order valence-electron chi connectivity index (χ1n) is 6.02. The van der Waals surface area contributed by atoms with Crippen LogP contribution in [0.5, 0.6) is 0 Å². The highest BCUT2D eigenvalue weighted by Gasteiger charge is 2.06. The zero-order chi connectivity index (χ0) is 12.9. The van der Waals surface area contributed by atoms with E-state index in [-0.39, 0.29) is 0 Å². The van der Waals surface area contributed by atoms with Crippen LogP contribution < -0.4 is 0 Å². The lowest BCUT2D eigenvalue weighted by Gasteiger charge is -2.00. The molecule has 3 rings (SSSR count). The van der Waals surface area contributed by atoms with Gasteiger partial charge in [-0.2, -0.15) is 0 Å². The number of benzene rings is 2. The predicted octanol–water partition coefficient (Wildman–Crippen LogP) is 3.91. The SMILES string of the molecule is C(=Cc1ccccc1-c1nnco1)c1ccccc1. The maximum absolute atomic E-state index is 5.26. The van der Waals surface area contributed by atoms with Gasteiger partial charge in [0.1, 0.15) is 0 Å². The lowest BCUT2D eigenvalue weighted by Crippen LogP contribution is -1.83. The normalized spacial score (nSPS) is 10.9. The number of hydrogen-bond donors (Lipinski definition) is 0. The van der Waals surface area contributed by atoms with E-state index in [9.17, 15) is 0 Å². The monoisotopic (exact) mass is 248 g/mol. The summed E-state index contributed by atoms with van der Waals surface area (Å²) in [6.07, 6.45) is 5.46. The molecule has 0 saturated heterocycles. The van der Waals surface area contributed by atoms with Crippen LogP contribution in [0.25, 0.3) is 23.6 Å². The summed E-state index contributed by atoms with van der Waals surface area (Å²) in [5.41, 5.74) is 3.14. The maximum atomic E-state index is 5.26. The summed E-state index contributed by atoms with van der Waals surface area (Å²) in [4.78, 5) is 0. The molecule has 0 spiro atoms. The Hall–Kier alpha value is -2.68. The fourth-order valence-corrected chi connectivity index (χ4v) is 1.88. The Bertz CT molecular complexity index is 673. The Labute approximate surface area is 111 Å². The van der Waals surface area contributed by atoms with Gasteiger partial charge >= 0.3 is 0 Å². The van der Waals surface area contributed by atoms with E-state index in [1.165, 1.54) is 6.39 Å². The first-order valence-corrected chi connectivity index (χ1v) is 6.02. The molecule has 0 aliphatic heterocycles. The van der Waals surface area contributed by atoms with E-state index < -0.39 is 0 Å². The van der Waals surface area contributed by atoms with Crippen molar-refractivity contribution in [2.45, 2.75) is 0 Å². The lowest BCUT2D eigenvalue weighted by molar-refractivity contribution is 0.568. The highest BCUT2D eigenvalue weighted by molar-refractivity contribution is 5.77. The van der Waals surface area contributed by atoms with Crippen LogP contribution in [0.1, 0.15) is 11.1 Å². The van der Waals surface area contributed by atoms with Crippen molar-refractivity contribution in [3.05, 3.63) is 72.1 Å². The van der Waals surface area contributed by atoms with Crippen LogP contribution in [0.3, 0.4) is 0 Å². The topological polar surface area (TPSA) is 38.9 Å². The van der Waals surface area contributed by atoms with Crippen LogP contribution in [0.4, 0.5) is 0 Å². The van der Waals surface area contributed by atoms with Crippen molar-refractivity contribution < 1.29 is 4.42 Å². The van der Waals surface area contributed by atoms with Crippen molar-refractivity contribution in [3.8, 4) is 11.5 Å². The molecule has 19 heavy (non-hydrogen) atoms. The van der Waals surface area contributed by atoms with E-state index in [2.05, 4.69) is 34.5 Å². The molecule has 0 fully saturated rings. The Morgan fingerprint density at radius 3 is 2.42 bits per heavy atom. The van der Waals surface area contributed by atoms with Gasteiger partial charge in [-0.1, -0.05) is 60.7 Å². The molecule has 0 N–H and O–H groups in total. The first kappa shape index (κ1) is 11.4. The van der Waals surface area contributed by atoms with Gasteiger partial charge in [0.2, 0.25) is 12.3 Å². The van der Waals surface area contributed by atoms with Crippen LogP contribution in [0.15, 0.2) is 65.4 Å². The van der Waals surface area contributed by atoms with Crippen molar-refractivity contribution in [1.82, 2.24) is 10.2 Å². The minimum absolute atomic E-state index is 0.535. The van der Waals surface area contributed by atoms with Crippen LogP contribution >= 0.6 is 0 Å². The van der Waals surface area contributed by atoms with Crippen LogP contribution in [-0.2, 0) is 0 Å². The molecule has 0 bridgehead atoms. The highest BCUT2D eigenvalue weighted by atomic mass is 16.4. The van der Waals surface area contributed by atoms with E-state index >= 15 is 0 Å². The molecule has 0 aliphatic rings. The van der Waals surface area contributed by atoms with Gasteiger partial charge in [-0.05, 0) is 17.2 Å². The second-order valence-corrected chi connectivity index (χ2v) is 4.08. The minimum atomic E-state index is 0.535. The van der Waals surface area contributed by atoms with Crippen molar-refractivity contribution in [2.75, 3.05) is 0 Å². The smallest absolute Gasteiger partial charge is 0.248 e. The third-order valence-corrected chi connectivity index (χ3v) is 2.81. The fraction of sp³-hybridized carbons (Fsp3) is 0. The largest absolute Gasteiger partial charge is 0.423 e. The van der Waals surface area contributed by atoms with E-state index in [1.54, 1.807) is 0 Å².